The number of aliphatic imine (C=N–C) groups is 1. The van der Waals surface area contributed by atoms with E-state index < -0.39 is 0 Å². The zero-order chi connectivity index (χ0) is 13.4. The van der Waals surface area contributed by atoms with Gasteiger partial charge in [0, 0.05) is 19.2 Å². The van der Waals surface area contributed by atoms with Crippen molar-refractivity contribution in [3.8, 4) is 0 Å². The van der Waals surface area contributed by atoms with E-state index in [0.717, 1.165) is 16.8 Å². The predicted molar refractivity (Wildman–Crippen MR) is 78.4 cm³/mol. The Labute approximate surface area is 106 Å². The number of ketones is 1. The molecule has 17 heavy (non-hydrogen) atoms. The number of rotatable bonds is 6. The van der Waals surface area contributed by atoms with Crippen molar-refractivity contribution in [1.29, 1.82) is 0 Å². The lowest BCUT2D eigenvalue weighted by atomic mass is 9.90. The van der Waals surface area contributed by atoms with E-state index >= 15 is 0 Å². The topological polar surface area (TPSA) is 29.4 Å². The van der Waals surface area contributed by atoms with Crippen molar-refractivity contribution in [1.82, 2.24) is 0 Å². The van der Waals surface area contributed by atoms with Crippen molar-refractivity contribution >= 4 is 19.3 Å². The monoisotopic (exact) mass is 231 g/mol. The molecule has 0 spiro atoms. The molecule has 0 aliphatic rings. The van der Waals surface area contributed by atoms with Crippen LogP contribution in [0.1, 0.15) is 27.2 Å². The lowest BCUT2D eigenvalue weighted by Gasteiger charge is -2.09. The Kier molecular flexibility index (Phi) is 7.19. The van der Waals surface area contributed by atoms with E-state index in [0.29, 0.717) is 12.3 Å². The molecule has 0 aromatic heterocycles. The highest BCUT2D eigenvalue weighted by atomic mass is 16.1. The summed E-state index contributed by atoms with van der Waals surface area (Å²) in [5.74, 6) is 0.545. The van der Waals surface area contributed by atoms with Gasteiger partial charge >= 0.3 is 0 Å². The number of hydrogen-bond acceptors (Lipinski definition) is 2. The van der Waals surface area contributed by atoms with Crippen LogP contribution in [-0.4, -0.2) is 26.4 Å². The van der Waals surface area contributed by atoms with Crippen molar-refractivity contribution in [3.63, 3.8) is 0 Å². The molecule has 2 nitrogen and oxygen atoms in total. The minimum atomic E-state index is 0.172. The largest absolute Gasteiger partial charge is 0.300 e. The Bertz CT molecular complexity index is 376. The van der Waals surface area contributed by atoms with Gasteiger partial charge in [-0.2, -0.15) is 0 Å². The molecule has 0 aliphatic heterocycles. The maximum Gasteiger partial charge on any atom is 0.139 e. The summed E-state index contributed by atoms with van der Waals surface area (Å²) in [4.78, 5) is 15.0. The van der Waals surface area contributed by atoms with Crippen LogP contribution in [0.4, 0.5) is 0 Å². The standard InChI is InChI=1S/C14H22BNO/c1-10(2)14(16-5)11(3)9-13(15)8-6-7-12(4)17/h6,8-10H,3,7,15H2,1-2,4-5H3/b8-6-,13-9+,16-14-. The highest BCUT2D eigenvalue weighted by molar-refractivity contribution is 6.24. The van der Waals surface area contributed by atoms with Crippen LogP contribution in [0.3, 0.4) is 0 Å². The van der Waals surface area contributed by atoms with E-state index in [1.165, 1.54) is 0 Å². The van der Waals surface area contributed by atoms with Crippen LogP contribution in [0, 0.1) is 5.92 Å². The Morgan fingerprint density at radius 3 is 2.47 bits per heavy atom. The maximum absolute atomic E-state index is 10.8. The lowest BCUT2D eigenvalue weighted by Crippen LogP contribution is -2.09. The Balaban J connectivity index is 4.63. The predicted octanol–water partition coefficient (Wildman–Crippen LogP) is 2.32. The van der Waals surface area contributed by atoms with E-state index in [2.05, 4.69) is 25.4 Å². The van der Waals surface area contributed by atoms with E-state index in [1.807, 2.05) is 26.1 Å². The van der Waals surface area contributed by atoms with Gasteiger partial charge in [-0.3, -0.25) is 9.79 Å². The molecule has 0 unspecified atom stereocenters. The number of nitrogens with zero attached hydrogens (tertiary/aromatic N) is 1. The molecule has 0 atom stereocenters. The summed E-state index contributed by atoms with van der Waals surface area (Å²) < 4.78 is 0. The fourth-order valence-corrected chi connectivity index (χ4v) is 1.58. The van der Waals surface area contributed by atoms with Gasteiger partial charge in [-0.15, -0.1) is 0 Å². The van der Waals surface area contributed by atoms with E-state index in [1.54, 1.807) is 14.0 Å². The number of allylic oxidation sites excluding steroid dienone is 5. The van der Waals surface area contributed by atoms with Crippen molar-refractivity contribution in [2.75, 3.05) is 7.05 Å². The van der Waals surface area contributed by atoms with Crippen LogP contribution in [0.15, 0.2) is 40.8 Å². The van der Waals surface area contributed by atoms with Crippen LogP contribution in [0.2, 0.25) is 0 Å². The van der Waals surface area contributed by atoms with Gasteiger partial charge in [0.2, 0.25) is 0 Å². The quantitative estimate of drug-likeness (QED) is 0.392. The summed E-state index contributed by atoms with van der Waals surface area (Å²) in [6.45, 7) is 9.81. The van der Waals surface area contributed by atoms with Gasteiger partial charge in [0.15, 0.2) is 0 Å². The molecular formula is C14H22BNO. The van der Waals surface area contributed by atoms with Crippen LogP contribution in [0.25, 0.3) is 0 Å². The molecule has 0 saturated carbocycles. The highest BCUT2D eigenvalue weighted by Crippen LogP contribution is 2.09. The summed E-state index contributed by atoms with van der Waals surface area (Å²) in [6, 6.07) is 0. The SMILES string of the molecule is BC(/C=C\CC(C)=O)=C/C(=C)/C(=N\C)C(C)C. The van der Waals surface area contributed by atoms with E-state index in [-0.39, 0.29) is 5.78 Å². The Morgan fingerprint density at radius 1 is 1.47 bits per heavy atom. The first-order chi connectivity index (χ1) is 7.88. The molecule has 3 heteroatoms. The highest BCUT2D eigenvalue weighted by Gasteiger charge is 2.05. The average Bonchev–Trinajstić information content (AvgIpc) is 2.16. The molecule has 0 saturated heterocycles. The minimum Gasteiger partial charge on any atom is -0.300 e. The molecule has 0 fully saturated rings. The van der Waals surface area contributed by atoms with Gasteiger partial charge in [0.1, 0.15) is 13.6 Å². The maximum atomic E-state index is 10.8. The number of Topliss-reactive ketones (excluding diaryl/α,β-unsaturated/α-hetero) is 1. The summed E-state index contributed by atoms with van der Waals surface area (Å²) in [7, 11) is 3.78. The normalized spacial score (nSPS) is 13.5. The lowest BCUT2D eigenvalue weighted by molar-refractivity contribution is -0.116. The Morgan fingerprint density at radius 2 is 2.06 bits per heavy atom. The molecule has 0 bridgehead atoms. The molecule has 0 N–H and O–H groups in total. The zero-order valence-corrected chi connectivity index (χ0v) is 11.6. The number of hydrogen-bond donors (Lipinski definition) is 0. The summed E-state index contributed by atoms with van der Waals surface area (Å²) in [5, 5.41) is 0. The first kappa shape index (κ1) is 15.6. The second kappa shape index (κ2) is 7.83. The van der Waals surface area contributed by atoms with Crippen LogP contribution in [0.5, 0.6) is 0 Å². The smallest absolute Gasteiger partial charge is 0.139 e. The Hall–Kier alpha value is -1.38. The average molecular weight is 231 g/mol. The molecule has 0 amide bonds. The summed E-state index contributed by atoms with van der Waals surface area (Å²) in [6.07, 6.45) is 6.30. The summed E-state index contributed by atoms with van der Waals surface area (Å²) in [5.41, 5.74) is 3.04. The van der Waals surface area contributed by atoms with Gasteiger partial charge in [0.25, 0.3) is 0 Å². The first-order valence-corrected chi connectivity index (χ1v) is 5.88. The molecule has 92 valence electrons. The first-order valence-electron chi connectivity index (χ1n) is 5.88. The number of carbonyl (C=O) groups is 1. The van der Waals surface area contributed by atoms with Crippen LogP contribution in [-0.2, 0) is 4.79 Å². The van der Waals surface area contributed by atoms with Gasteiger partial charge in [-0.1, -0.05) is 44.1 Å². The second-order valence-corrected chi connectivity index (χ2v) is 4.49. The summed E-state index contributed by atoms with van der Waals surface area (Å²) >= 11 is 0. The van der Waals surface area contributed by atoms with Crippen LogP contribution >= 0.6 is 0 Å². The molecule has 0 aromatic rings. The third kappa shape index (κ3) is 6.72. The third-order valence-electron chi connectivity index (χ3n) is 2.30. The van der Waals surface area contributed by atoms with Gasteiger partial charge in [-0.05, 0) is 18.4 Å². The second-order valence-electron chi connectivity index (χ2n) is 4.49. The van der Waals surface area contributed by atoms with Crippen molar-refractivity contribution in [3.05, 3.63) is 35.9 Å². The molecule has 0 rings (SSSR count). The molecule has 0 heterocycles. The van der Waals surface area contributed by atoms with Gasteiger partial charge in [-0.25, -0.2) is 0 Å². The fourth-order valence-electron chi connectivity index (χ4n) is 1.58. The van der Waals surface area contributed by atoms with Gasteiger partial charge < -0.3 is 0 Å². The number of carbonyl (C=O) groups excluding carboxylic acids is 1. The van der Waals surface area contributed by atoms with E-state index in [9.17, 15) is 4.79 Å². The fraction of sp³-hybridized carbons (Fsp3) is 0.429. The molecular weight excluding hydrogens is 209 g/mol. The van der Waals surface area contributed by atoms with Crippen LogP contribution < -0.4 is 0 Å². The molecule has 0 aromatic carbocycles. The van der Waals surface area contributed by atoms with Crippen molar-refractivity contribution in [2.24, 2.45) is 10.9 Å². The molecule has 0 aliphatic carbocycles. The van der Waals surface area contributed by atoms with Crippen molar-refractivity contribution in [2.45, 2.75) is 27.2 Å². The zero-order valence-electron chi connectivity index (χ0n) is 11.6. The van der Waals surface area contributed by atoms with Gasteiger partial charge in [0.05, 0.1) is 0 Å². The van der Waals surface area contributed by atoms with E-state index in [4.69, 9.17) is 0 Å². The third-order valence-corrected chi connectivity index (χ3v) is 2.30. The van der Waals surface area contributed by atoms with Crippen molar-refractivity contribution < 1.29 is 4.79 Å². The molecule has 0 radical (unpaired) electrons. The minimum absolute atomic E-state index is 0.172.